The number of benzene rings is 1. The molecule has 1 fully saturated rings. The van der Waals surface area contributed by atoms with Crippen molar-refractivity contribution >= 4 is 29.4 Å². The van der Waals surface area contributed by atoms with Gasteiger partial charge >= 0.3 is 6.16 Å². The van der Waals surface area contributed by atoms with Crippen LogP contribution in [0.4, 0.5) is 4.79 Å². The number of carbonyl (C=O) groups is 1. The van der Waals surface area contributed by atoms with Crippen molar-refractivity contribution < 1.29 is 18.9 Å². The number of halogens is 2. The summed E-state index contributed by atoms with van der Waals surface area (Å²) in [6, 6.07) is 5.70. The fourth-order valence-corrected chi connectivity index (χ4v) is 5.38. The fraction of sp³-hybridized carbons (Fsp3) is 0.520. The Bertz CT molecular complexity index is 1270. The lowest BCUT2D eigenvalue weighted by Gasteiger charge is -2.27. The molecule has 1 aliphatic carbocycles. The number of rotatable bonds is 3. The fourth-order valence-electron chi connectivity index (χ4n) is 4.96. The minimum absolute atomic E-state index is 0.219. The van der Waals surface area contributed by atoms with Gasteiger partial charge in [-0.3, -0.25) is 4.57 Å². The summed E-state index contributed by atoms with van der Waals surface area (Å²) >= 11 is 12.7. The van der Waals surface area contributed by atoms with Gasteiger partial charge in [-0.1, -0.05) is 28.4 Å². The summed E-state index contributed by atoms with van der Waals surface area (Å²) in [5, 5.41) is 16.1. The van der Waals surface area contributed by atoms with Gasteiger partial charge in [-0.15, -0.1) is 15.3 Å². The number of aryl methyl sites for hydroxylation is 1. The number of aromatic nitrogens is 4. The molecule has 2 aliphatic rings. The van der Waals surface area contributed by atoms with Gasteiger partial charge in [-0.05, 0) is 77.1 Å². The molecule has 1 saturated carbocycles. The van der Waals surface area contributed by atoms with Crippen LogP contribution in [-0.2, 0) is 22.7 Å². The Labute approximate surface area is 219 Å². The van der Waals surface area contributed by atoms with Crippen LogP contribution >= 0.6 is 23.2 Å². The first-order valence-corrected chi connectivity index (χ1v) is 12.8. The summed E-state index contributed by atoms with van der Waals surface area (Å²) in [6.07, 6.45) is 2.94. The van der Waals surface area contributed by atoms with E-state index in [2.05, 4.69) is 19.9 Å². The lowest BCUT2D eigenvalue weighted by atomic mass is 9.80. The molecule has 1 aromatic carbocycles. The molecule has 36 heavy (non-hydrogen) atoms. The molecule has 0 saturated heterocycles. The van der Waals surface area contributed by atoms with Crippen LogP contribution in [0.3, 0.4) is 0 Å². The summed E-state index contributed by atoms with van der Waals surface area (Å²) in [4.78, 5) is 17.9. The number of hydroxylamine groups is 2. The molecule has 0 spiro atoms. The zero-order valence-corrected chi connectivity index (χ0v) is 22.3. The van der Waals surface area contributed by atoms with Crippen LogP contribution in [-0.4, -0.2) is 36.7 Å². The van der Waals surface area contributed by atoms with Crippen LogP contribution < -0.4 is 0 Å². The molecule has 0 unspecified atom stereocenters. The highest BCUT2D eigenvalue weighted by Gasteiger charge is 2.34. The molecule has 9 nitrogen and oxygen atoms in total. The molecular weight excluding hydrogens is 505 g/mol. The van der Waals surface area contributed by atoms with Crippen molar-refractivity contribution in [1.29, 1.82) is 0 Å². The van der Waals surface area contributed by atoms with Crippen molar-refractivity contribution in [2.24, 2.45) is 0 Å². The third-order valence-electron chi connectivity index (χ3n) is 6.59. The van der Waals surface area contributed by atoms with E-state index >= 15 is 0 Å². The monoisotopic (exact) mass is 533 g/mol. The van der Waals surface area contributed by atoms with E-state index in [9.17, 15) is 4.79 Å². The predicted molar refractivity (Wildman–Crippen MR) is 133 cm³/mol. The van der Waals surface area contributed by atoms with Crippen molar-refractivity contribution in [2.45, 2.75) is 83.9 Å². The average Bonchev–Trinajstić information content (AvgIpc) is 3.31. The molecule has 1 aliphatic heterocycles. The molecule has 5 rings (SSSR count). The molecule has 2 aromatic heterocycles. The molecule has 192 valence electrons. The largest absolute Gasteiger partial charge is 0.528 e. The van der Waals surface area contributed by atoms with Crippen LogP contribution in [0.15, 0.2) is 22.7 Å². The van der Waals surface area contributed by atoms with Gasteiger partial charge in [0.25, 0.3) is 0 Å². The molecule has 3 heterocycles. The van der Waals surface area contributed by atoms with Gasteiger partial charge in [0, 0.05) is 16.9 Å². The SMILES string of the molecule is Cc1onc(C2CCC(c3nnc4n3-c3ccc(Cl)cc3CN(OC(=O)OC(C)(C)C)C4)CC2)c1Cl. The van der Waals surface area contributed by atoms with E-state index in [1.807, 2.05) is 25.1 Å². The first-order valence-electron chi connectivity index (χ1n) is 12.1. The van der Waals surface area contributed by atoms with E-state index in [1.165, 1.54) is 5.06 Å². The molecule has 0 N–H and O–H groups in total. The number of nitrogens with zero attached hydrogens (tertiary/aromatic N) is 5. The van der Waals surface area contributed by atoms with Gasteiger partial charge in [0.1, 0.15) is 22.1 Å². The van der Waals surface area contributed by atoms with Gasteiger partial charge < -0.3 is 14.1 Å². The maximum absolute atomic E-state index is 12.4. The van der Waals surface area contributed by atoms with Gasteiger partial charge in [-0.25, -0.2) is 4.79 Å². The topological polar surface area (TPSA) is 95.5 Å². The number of hydrogen-bond donors (Lipinski definition) is 0. The minimum Gasteiger partial charge on any atom is -0.427 e. The van der Waals surface area contributed by atoms with Crippen LogP contribution in [0.1, 0.15) is 87.0 Å². The van der Waals surface area contributed by atoms with Crippen molar-refractivity contribution in [3.63, 3.8) is 0 Å². The normalized spacial score (nSPS) is 20.4. The standard InChI is InChI=1S/C25H29Cl2N5O4/c1-14-21(27)22(30-35-14)15-5-7-16(8-6-15)23-29-28-20-13-31(36-24(33)34-25(2,3)4)12-17-11-18(26)9-10-19(17)32(20)23/h9-11,15-16H,5-8,12-13H2,1-4H3. The smallest absolute Gasteiger partial charge is 0.427 e. The van der Waals surface area contributed by atoms with Crippen molar-refractivity contribution in [2.75, 3.05) is 0 Å². The first kappa shape index (κ1) is 25.0. The van der Waals surface area contributed by atoms with Gasteiger partial charge in [0.15, 0.2) is 11.6 Å². The predicted octanol–water partition coefficient (Wildman–Crippen LogP) is 6.49. The van der Waals surface area contributed by atoms with Gasteiger partial charge in [0.05, 0.1) is 18.8 Å². The zero-order valence-electron chi connectivity index (χ0n) is 20.8. The van der Waals surface area contributed by atoms with Gasteiger partial charge in [-0.2, -0.15) is 0 Å². The number of carbonyl (C=O) groups excluding carboxylic acids is 1. The van der Waals surface area contributed by atoms with E-state index in [1.54, 1.807) is 20.8 Å². The lowest BCUT2D eigenvalue weighted by Crippen LogP contribution is -2.31. The Kier molecular flexibility index (Phi) is 6.74. The van der Waals surface area contributed by atoms with Crippen molar-refractivity contribution in [3.8, 4) is 5.69 Å². The van der Waals surface area contributed by atoms with E-state index in [0.717, 1.165) is 48.5 Å². The van der Waals surface area contributed by atoms with Crippen LogP contribution in [0, 0.1) is 6.92 Å². The number of fused-ring (bicyclic) bond motifs is 3. The second-order valence-electron chi connectivity index (χ2n) is 10.4. The average molecular weight is 534 g/mol. The Hall–Kier alpha value is -2.62. The van der Waals surface area contributed by atoms with Crippen molar-refractivity contribution in [1.82, 2.24) is 25.0 Å². The second kappa shape index (κ2) is 9.68. The lowest BCUT2D eigenvalue weighted by molar-refractivity contribution is -0.155. The summed E-state index contributed by atoms with van der Waals surface area (Å²) in [5.74, 6) is 2.73. The zero-order chi connectivity index (χ0) is 25.6. The van der Waals surface area contributed by atoms with E-state index in [4.69, 9.17) is 37.3 Å². The summed E-state index contributed by atoms with van der Waals surface area (Å²) in [6.45, 7) is 7.81. The summed E-state index contributed by atoms with van der Waals surface area (Å²) < 4.78 is 12.7. The molecule has 3 aromatic rings. The Morgan fingerprint density at radius 2 is 1.81 bits per heavy atom. The Morgan fingerprint density at radius 3 is 2.47 bits per heavy atom. The highest BCUT2D eigenvalue weighted by molar-refractivity contribution is 6.31. The van der Waals surface area contributed by atoms with E-state index in [0.29, 0.717) is 28.2 Å². The third kappa shape index (κ3) is 5.10. The molecule has 0 atom stereocenters. The third-order valence-corrected chi connectivity index (χ3v) is 7.28. The Balaban J connectivity index is 1.40. The van der Waals surface area contributed by atoms with Crippen molar-refractivity contribution in [3.05, 3.63) is 56.9 Å². The maximum atomic E-state index is 12.4. The van der Waals surface area contributed by atoms with E-state index < -0.39 is 11.8 Å². The van der Waals surface area contributed by atoms with Gasteiger partial charge in [0.2, 0.25) is 0 Å². The molecule has 0 radical (unpaired) electrons. The highest BCUT2D eigenvalue weighted by atomic mass is 35.5. The summed E-state index contributed by atoms with van der Waals surface area (Å²) in [7, 11) is 0. The van der Waals surface area contributed by atoms with Crippen LogP contribution in [0.25, 0.3) is 5.69 Å². The molecule has 11 heteroatoms. The van der Waals surface area contributed by atoms with E-state index in [-0.39, 0.29) is 18.4 Å². The molecule has 0 bridgehead atoms. The maximum Gasteiger partial charge on any atom is 0.528 e. The highest BCUT2D eigenvalue weighted by Crippen LogP contribution is 2.43. The van der Waals surface area contributed by atoms with Crippen LogP contribution in [0.2, 0.25) is 10.0 Å². The number of ether oxygens (including phenoxy) is 1. The number of hydrogen-bond acceptors (Lipinski definition) is 8. The molecule has 0 amide bonds. The summed E-state index contributed by atoms with van der Waals surface area (Å²) in [5.41, 5.74) is 2.03. The van der Waals surface area contributed by atoms with Crippen LogP contribution in [0.5, 0.6) is 0 Å². The molecular formula is C25H29Cl2N5O4. The Morgan fingerprint density at radius 1 is 1.08 bits per heavy atom. The minimum atomic E-state index is -0.764. The quantitative estimate of drug-likeness (QED) is 0.352. The first-order chi connectivity index (χ1) is 17.1. The second-order valence-corrected chi connectivity index (χ2v) is 11.2.